The number of nitrogens with zero attached hydrogens (tertiary/aromatic N) is 1. The molecule has 0 unspecified atom stereocenters. The molecule has 18 heavy (non-hydrogen) atoms. The number of likely N-dealkylation sites (N-methyl/N-ethyl adjacent to an activating group) is 1. The summed E-state index contributed by atoms with van der Waals surface area (Å²) < 4.78 is 13.9. The molecule has 1 aromatic rings. The molecular weight excluding hydrogens is 231 g/mol. The van der Waals surface area contributed by atoms with Crippen molar-refractivity contribution in [2.45, 2.75) is 20.8 Å². The van der Waals surface area contributed by atoms with Crippen molar-refractivity contribution >= 4 is 11.6 Å². The zero-order chi connectivity index (χ0) is 13.9. The third-order valence-electron chi connectivity index (χ3n) is 2.64. The van der Waals surface area contributed by atoms with Crippen molar-refractivity contribution in [2.75, 3.05) is 18.8 Å². The Morgan fingerprint density at radius 2 is 2.11 bits per heavy atom. The van der Waals surface area contributed by atoms with E-state index in [2.05, 4.69) is 6.58 Å². The number of carbonyl (C=O) groups excluding carboxylic acids is 1. The van der Waals surface area contributed by atoms with Gasteiger partial charge in [-0.3, -0.25) is 4.79 Å². The minimum absolute atomic E-state index is 0.0237. The fourth-order valence-electron chi connectivity index (χ4n) is 1.78. The number of rotatable bonds is 4. The molecular formula is C14H19FN2O. The van der Waals surface area contributed by atoms with Gasteiger partial charge < -0.3 is 10.6 Å². The van der Waals surface area contributed by atoms with Crippen LogP contribution in [0.3, 0.4) is 0 Å². The van der Waals surface area contributed by atoms with Gasteiger partial charge in [0.05, 0.1) is 5.56 Å². The average molecular weight is 250 g/mol. The van der Waals surface area contributed by atoms with E-state index in [1.165, 1.54) is 12.1 Å². The van der Waals surface area contributed by atoms with Crippen LogP contribution in [0.2, 0.25) is 0 Å². The third-order valence-corrected chi connectivity index (χ3v) is 2.64. The van der Waals surface area contributed by atoms with Crippen LogP contribution in [0.1, 0.15) is 29.8 Å². The van der Waals surface area contributed by atoms with Gasteiger partial charge in [-0.25, -0.2) is 4.39 Å². The maximum Gasteiger partial charge on any atom is 0.257 e. The van der Waals surface area contributed by atoms with Crippen LogP contribution in [0.5, 0.6) is 0 Å². The van der Waals surface area contributed by atoms with Crippen LogP contribution >= 0.6 is 0 Å². The summed E-state index contributed by atoms with van der Waals surface area (Å²) in [5, 5.41) is 0. The number of hydrogen-bond donors (Lipinski definition) is 1. The zero-order valence-electron chi connectivity index (χ0n) is 11.1. The molecule has 1 rings (SSSR count). The highest BCUT2D eigenvalue weighted by atomic mass is 19.1. The van der Waals surface area contributed by atoms with Crippen LogP contribution < -0.4 is 5.73 Å². The van der Waals surface area contributed by atoms with Crippen molar-refractivity contribution < 1.29 is 9.18 Å². The number of nitrogen functional groups attached to an aromatic ring is 1. The fourth-order valence-corrected chi connectivity index (χ4v) is 1.78. The van der Waals surface area contributed by atoms with Crippen molar-refractivity contribution in [3.63, 3.8) is 0 Å². The van der Waals surface area contributed by atoms with Crippen LogP contribution in [-0.4, -0.2) is 23.9 Å². The maximum atomic E-state index is 13.9. The van der Waals surface area contributed by atoms with Crippen molar-refractivity contribution in [1.82, 2.24) is 4.90 Å². The molecule has 0 saturated carbocycles. The van der Waals surface area contributed by atoms with Gasteiger partial charge in [0.1, 0.15) is 5.82 Å². The van der Waals surface area contributed by atoms with Crippen molar-refractivity contribution in [3.05, 3.63) is 41.2 Å². The normalized spacial score (nSPS) is 10.2. The Morgan fingerprint density at radius 3 is 2.61 bits per heavy atom. The molecule has 0 bridgehead atoms. The molecule has 0 heterocycles. The Labute approximate surface area is 107 Å². The summed E-state index contributed by atoms with van der Waals surface area (Å²) in [6.07, 6.45) is 0. The van der Waals surface area contributed by atoms with Gasteiger partial charge in [0.2, 0.25) is 0 Å². The number of amides is 1. The summed E-state index contributed by atoms with van der Waals surface area (Å²) in [5.41, 5.74) is 7.30. The van der Waals surface area contributed by atoms with Crippen molar-refractivity contribution in [1.29, 1.82) is 0 Å². The zero-order valence-corrected chi connectivity index (χ0v) is 11.1. The van der Waals surface area contributed by atoms with Crippen molar-refractivity contribution in [2.24, 2.45) is 0 Å². The Morgan fingerprint density at radius 1 is 1.50 bits per heavy atom. The van der Waals surface area contributed by atoms with Crippen LogP contribution in [0.4, 0.5) is 10.1 Å². The lowest BCUT2D eigenvalue weighted by Crippen LogP contribution is -2.33. The van der Waals surface area contributed by atoms with E-state index in [0.717, 1.165) is 5.57 Å². The average Bonchev–Trinajstić information content (AvgIpc) is 2.29. The molecule has 1 aromatic carbocycles. The SMILES string of the molecule is C=C(C)CN(CC)C(=O)c1cc(N)cc(C)c1F. The van der Waals surface area contributed by atoms with Crippen LogP contribution in [-0.2, 0) is 0 Å². The monoisotopic (exact) mass is 250 g/mol. The van der Waals surface area contributed by atoms with Gasteiger partial charge in [-0.1, -0.05) is 12.2 Å². The summed E-state index contributed by atoms with van der Waals surface area (Å²) >= 11 is 0. The Balaban J connectivity index is 3.12. The number of aryl methyl sites for hydroxylation is 1. The molecule has 0 spiro atoms. The predicted molar refractivity (Wildman–Crippen MR) is 71.9 cm³/mol. The van der Waals surface area contributed by atoms with Gasteiger partial charge in [0.25, 0.3) is 5.91 Å². The van der Waals surface area contributed by atoms with Gasteiger partial charge >= 0.3 is 0 Å². The molecule has 3 nitrogen and oxygen atoms in total. The third kappa shape index (κ3) is 3.09. The highest BCUT2D eigenvalue weighted by Crippen LogP contribution is 2.19. The molecule has 0 aromatic heterocycles. The summed E-state index contributed by atoms with van der Waals surface area (Å²) in [6, 6.07) is 2.90. The molecule has 0 saturated heterocycles. The lowest BCUT2D eigenvalue weighted by molar-refractivity contribution is 0.0773. The van der Waals surface area contributed by atoms with E-state index >= 15 is 0 Å². The maximum absolute atomic E-state index is 13.9. The Hall–Kier alpha value is -1.84. The van der Waals surface area contributed by atoms with Gasteiger partial charge in [0, 0.05) is 18.8 Å². The lowest BCUT2D eigenvalue weighted by atomic mass is 10.1. The van der Waals surface area contributed by atoms with E-state index in [9.17, 15) is 9.18 Å². The summed E-state index contributed by atoms with van der Waals surface area (Å²) in [4.78, 5) is 13.8. The van der Waals surface area contributed by atoms with E-state index in [0.29, 0.717) is 24.3 Å². The van der Waals surface area contributed by atoms with Crippen molar-refractivity contribution in [3.8, 4) is 0 Å². The molecule has 0 radical (unpaired) electrons. The van der Waals surface area contributed by atoms with Gasteiger partial charge in [0.15, 0.2) is 0 Å². The highest BCUT2D eigenvalue weighted by molar-refractivity contribution is 5.95. The van der Waals surface area contributed by atoms with Gasteiger partial charge in [-0.15, -0.1) is 0 Å². The number of benzene rings is 1. The first-order valence-electron chi connectivity index (χ1n) is 5.86. The highest BCUT2D eigenvalue weighted by Gasteiger charge is 2.19. The van der Waals surface area contributed by atoms with E-state index < -0.39 is 5.82 Å². The van der Waals surface area contributed by atoms with Crippen LogP contribution in [0.25, 0.3) is 0 Å². The number of nitrogens with two attached hydrogens (primary N) is 1. The van der Waals surface area contributed by atoms with Crippen LogP contribution in [0.15, 0.2) is 24.3 Å². The fraction of sp³-hybridized carbons (Fsp3) is 0.357. The smallest absolute Gasteiger partial charge is 0.257 e. The topological polar surface area (TPSA) is 46.3 Å². The predicted octanol–water partition coefficient (Wildman–Crippen LogP) is 2.75. The summed E-state index contributed by atoms with van der Waals surface area (Å²) in [6.45, 7) is 9.95. The first-order chi connectivity index (χ1) is 8.36. The second-order valence-electron chi connectivity index (χ2n) is 4.48. The molecule has 0 aliphatic rings. The first-order valence-corrected chi connectivity index (χ1v) is 5.86. The molecule has 4 heteroatoms. The van der Waals surface area contributed by atoms with E-state index in [4.69, 9.17) is 5.73 Å². The molecule has 0 aliphatic heterocycles. The number of anilines is 1. The molecule has 2 N–H and O–H groups in total. The Bertz CT molecular complexity index is 483. The number of halogens is 1. The standard InChI is InChI=1S/C14H19FN2O/c1-5-17(8-9(2)3)14(18)12-7-11(16)6-10(4)13(12)15/h6-7H,2,5,8,16H2,1,3-4H3. The van der Waals surface area contributed by atoms with Gasteiger partial charge in [-0.05, 0) is 38.5 Å². The Kier molecular flexibility index (Phi) is 4.48. The quantitative estimate of drug-likeness (QED) is 0.659. The summed E-state index contributed by atoms with van der Waals surface area (Å²) in [5.74, 6) is -0.859. The first kappa shape index (κ1) is 14.2. The van der Waals surface area contributed by atoms with E-state index in [1.54, 1.807) is 11.8 Å². The minimum atomic E-state index is -0.505. The number of carbonyl (C=O) groups is 1. The van der Waals surface area contributed by atoms with E-state index in [-0.39, 0.29) is 11.5 Å². The number of hydrogen-bond acceptors (Lipinski definition) is 2. The largest absolute Gasteiger partial charge is 0.399 e. The summed E-state index contributed by atoms with van der Waals surface area (Å²) in [7, 11) is 0. The molecule has 98 valence electrons. The lowest BCUT2D eigenvalue weighted by Gasteiger charge is -2.21. The van der Waals surface area contributed by atoms with Crippen LogP contribution in [0, 0.1) is 12.7 Å². The molecule has 0 aliphatic carbocycles. The van der Waals surface area contributed by atoms with Gasteiger partial charge in [-0.2, -0.15) is 0 Å². The second-order valence-corrected chi connectivity index (χ2v) is 4.48. The second kappa shape index (κ2) is 5.67. The van der Waals surface area contributed by atoms with E-state index in [1.807, 2.05) is 13.8 Å². The molecule has 0 atom stereocenters. The minimum Gasteiger partial charge on any atom is -0.399 e. The molecule has 0 fully saturated rings. The molecule has 1 amide bonds.